The van der Waals surface area contributed by atoms with Gasteiger partial charge in [-0.2, -0.15) is 0 Å². The quantitative estimate of drug-likeness (QED) is 0.180. The summed E-state index contributed by atoms with van der Waals surface area (Å²) in [6, 6.07) is 3.97. The molecule has 0 saturated carbocycles. The highest BCUT2D eigenvalue weighted by molar-refractivity contribution is 5.70. The lowest BCUT2D eigenvalue weighted by Gasteiger charge is -2.31. The van der Waals surface area contributed by atoms with E-state index in [4.69, 9.17) is 18.9 Å². The van der Waals surface area contributed by atoms with Crippen molar-refractivity contribution in [2.24, 2.45) is 10.2 Å². The third-order valence-electron chi connectivity index (χ3n) is 5.97. The largest absolute Gasteiger partial charge is 0.495 e. The highest BCUT2D eigenvalue weighted by Crippen LogP contribution is 2.41. The van der Waals surface area contributed by atoms with Gasteiger partial charge < -0.3 is 28.7 Å². The van der Waals surface area contributed by atoms with Gasteiger partial charge in [-0.05, 0) is 25.0 Å². The summed E-state index contributed by atoms with van der Waals surface area (Å²) in [4.78, 5) is 4.24. The predicted octanol–water partition coefficient (Wildman–Crippen LogP) is 6.35. The molecule has 0 bridgehead atoms. The molecule has 0 atom stereocenters. The molecular weight excluding hydrogens is 456 g/mol. The minimum absolute atomic E-state index is 0.429. The van der Waals surface area contributed by atoms with Crippen LogP contribution in [0.2, 0.25) is 0 Å². The molecule has 2 heterocycles. The number of rotatable bonds is 13. The van der Waals surface area contributed by atoms with Crippen LogP contribution in [0.5, 0.6) is 11.5 Å². The van der Waals surface area contributed by atoms with E-state index >= 15 is 0 Å². The summed E-state index contributed by atoms with van der Waals surface area (Å²) in [5.74, 6) is 1.88. The molecule has 0 unspecified atom stereocenters. The van der Waals surface area contributed by atoms with E-state index in [9.17, 15) is 0 Å². The van der Waals surface area contributed by atoms with Crippen LogP contribution < -0.4 is 14.4 Å². The van der Waals surface area contributed by atoms with Gasteiger partial charge in [-0.15, -0.1) is 10.2 Å². The maximum atomic E-state index is 6.24. The fourth-order valence-electron chi connectivity index (χ4n) is 3.77. The van der Waals surface area contributed by atoms with Gasteiger partial charge in [0.05, 0.1) is 44.9 Å². The first-order chi connectivity index (χ1) is 17.6. The molecule has 0 aromatic heterocycles. The number of ether oxygens (including phenoxy) is 4. The first kappa shape index (κ1) is 27.3. The van der Waals surface area contributed by atoms with Crippen LogP contribution >= 0.6 is 0 Å². The Labute approximate surface area is 215 Å². The number of azo groups is 1. The summed E-state index contributed by atoms with van der Waals surface area (Å²) in [6.07, 6.45) is 11.8. The van der Waals surface area contributed by atoms with Gasteiger partial charge in [0.1, 0.15) is 22.9 Å². The van der Waals surface area contributed by atoms with Crippen LogP contribution in [-0.4, -0.2) is 58.6 Å². The SMILES string of the molecule is C=C(OC)C(/N=N\c1cc(OCCCC)c(N2CCOCC2)cc1OCCCC)=C1\C=CC=CN1C. The lowest BCUT2D eigenvalue weighted by atomic mass is 10.2. The van der Waals surface area contributed by atoms with Crippen LogP contribution in [0.15, 0.2) is 70.5 Å². The smallest absolute Gasteiger partial charge is 0.151 e. The third-order valence-corrected chi connectivity index (χ3v) is 5.97. The van der Waals surface area contributed by atoms with Crippen molar-refractivity contribution in [3.05, 3.63) is 60.3 Å². The van der Waals surface area contributed by atoms with Crippen molar-refractivity contribution in [3.63, 3.8) is 0 Å². The van der Waals surface area contributed by atoms with Crippen molar-refractivity contribution in [3.8, 4) is 11.5 Å². The summed E-state index contributed by atoms with van der Waals surface area (Å²) in [6.45, 7) is 12.5. The van der Waals surface area contributed by atoms with Crippen LogP contribution in [0.1, 0.15) is 39.5 Å². The van der Waals surface area contributed by atoms with Crippen LogP contribution in [0, 0.1) is 0 Å². The molecule has 196 valence electrons. The molecule has 3 rings (SSSR count). The highest BCUT2D eigenvalue weighted by Gasteiger charge is 2.21. The predicted molar refractivity (Wildman–Crippen MR) is 144 cm³/mol. The van der Waals surface area contributed by atoms with Gasteiger partial charge in [0.25, 0.3) is 0 Å². The molecule has 1 fully saturated rings. The van der Waals surface area contributed by atoms with E-state index in [2.05, 4.69) is 35.6 Å². The molecule has 0 aliphatic carbocycles. The Morgan fingerprint density at radius 2 is 1.72 bits per heavy atom. The standard InChI is InChI=1S/C28H40N4O4/c1-6-8-16-35-26-21-25(32-14-18-34-19-15-32)27(36-17-9-7-2)20-23(26)29-30-28(22(3)33-5)24-12-10-11-13-31(24)4/h10-13,20-21H,3,6-9,14-19H2,1-2,4-5H3/b28-24-,30-29-. The number of methoxy groups -OCH3 is 1. The normalized spacial score (nSPS) is 17.0. The van der Waals surface area contributed by atoms with Crippen LogP contribution in [0.25, 0.3) is 0 Å². The lowest BCUT2D eigenvalue weighted by molar-refractivity contribution is 0.122. The summed E-state index contributed by atoms with van der Waals surface area (Å²) in [7, 11) is 3.53. The van der Waals surface area contributed by atoms with Gasteiger partial charge >= 0.3 is 0 Å². The second-order valence-corrected chi connectivity index (χ2v) is 8.66. The fraction of sp³-hybridized carbons (Fsp3) is 0.500. The molecule has 0 amide bonds. The van der Waals surface area contributed by atoms with E-state index in [0.29, 0.717) is 49.3 Å². The van der Waals surface area contributed by atoms with Gasteiger partial charge in [0.15, 0.2) is 5.70 Å². The summed E-state index contributed by atoms with van der Waals surface area (Å²) in [5, 5.41) is 9.22. The number of hydrogen-bond donors (Lipinski definition) is 0. The second-order valence-electron chi connectivity index (χ2n) is 8.66. The average Bonchev–Trinajstić information content (AvgIpc) is 2.91. The number of anilines is 1. The fourth-order valence-corrected chi connectivity index (χ4v) is 3.77. The molecule has 36 heavy (non-hydrogen) atoms. The first-order valence-electron chi connectivity index (χ1n) is 12.8. The first-order valence-corrected chi connectivity index (χ1v) is 12.8. The molecule has 0 N–H and O–H groups in total. The van der Waals surface area contributed by atoms with E-state index in [-0.39, 0.29) is 0 Å². The van der Waals surface area contributed by atoms with E-state index in [1.54, 1.807) is 7.11 Å². The van der Waals surface area contributed by atoms with Crippen molar-refractivity contribution in [2.45, 2.75) is 39.5 Å². The minimum atomic E-state index is 0.429. The zero-order valence-electron chi connectivity index (χ0n) is 22.2. The Balaban J connectivity index is 2.04. The monoisotopic (exact) mass is 496 g/mol. The molecule has 2 aliphatic heterocycles. The Hall–Kier alpha value is -3.26. The number of likely N-dealkylation sites (N-methyl/N-ethyl adjacent to an activating group) is 1. The van der Waals surface area contributed by atoms with Gasteiger partial charge in [-0.25, -0.2) is 0 Å². The zero-order valence-corrected chi connectivity index (χ0v) is 22.2. The van der Waals surface area contributed by atoms with E-state index in [0.717, 1.165) is 55.9 Å². The topological polar surface area (TPSA) is 68.1 Å². The van der Waals surface area contributed by atoms with Crippen LogP contribution in [0.4, 0.5) is 11.4 Å². The summed E-state index contributed by atoms with van der Waals surface area (Å²) in [5.41, 5.74) is 2.99. The van der Waals surface area contributed by atoms with Crippen molar-refractivity contribution >= 4 is 11.4 Å². The minimum Gasteiger partial charge on any atom is -0.495 e. The lowest BCUT2D eigenvalue weighted by Crippen LogP contribution is -2.36. The molecule has 1 saturated heterocycles. The number of morpholine rings is 1. The van der Waals surface area contributed by atoms with Crippen molar-refractivity contribution < 1.29 is 18.9 Å². The maximum Gasteiger partial charge on any atom is 0.151 e. The third kappa shape index (κ3) is 7.37. The van der Waals surface area contributed by atoms with Crippen LogP contribution in [-0.2, 0) is 9.47 Å². The zero-order chi connectivity index (χ0) is 25.8. The molecule has 8 heteroatoms. The van der Waals surface area contributed by atoms with Crippen molar-refractivity contribution in [1.29, 1.82) is 0 Å². The number of benzene rings is 1. The molecule has 0 radical (unpaired) electrons. The van der Waals surface area contributed by atoms with Gasteiger partial charge in [0.2, 0.25) is 0 Å². The molecule has 1 aromatic carbocycles. The highest BCUT2D eigenvalue weighted by atomic mass is 16.5. The van der Waals surface area contributed by atoms with Crippen molar-refractivity contribution in [1.82, 2.24) is 4.90 Å². The molecule has 0 spiro atoms. The van der Waals surface area contributed by atoms with Gasteiger partial charge in [-0.1, -0.05) is 39.3 Å². The summed E-state index contributed by atoms with van der Waals surface area (Å²) < 4.78 is 23.4. The Bertz CT molecular complexity index is 994. The molecule has 2 aliphatic rings. The molecule has 8 nitrogen and oxygen atoms in total. The van der Waals surface area contributed by atoms with E-state index in [1.165, 1.54) is 0 Å². The van der Waals surface area contributed by atoms with Crippen LogP contribution in [0.3, 0.4) is 0 Å². The summed E-state index contributed by atoms with van der Waals surface area (Å²) >= 11 is 0. The number of hydrogen-bond acceptors (Lipinski definition) is 8. The Morgan fingerprint density at radius 3 is 2.36 bits per heavy atom. The molecule has 1 aromatic rings. The maximum absolute atomic E-state index is 6.24. The van der Waals surface area contributed by atoms with Crippen molar-refractivity contribution in [2.75, 3.05) is 58.6 Å². The number of nitrogens with zero attached hydrogens (tertiary/aromatic N) is 4. The van der Waals surface area contributed by atoms with E-state index < -0.39 is 0 Å². The van der Waals surface area contributed by atoms with Gasteiger partial charge in [-0.3, -0.25) is 0 Å². The average molecular weight is 497 g/mol. The van der Waals surface area contributed by atoms with Gasteiger partial charge in [0, 0.05) is 38.5 Å². The van der Waals surface area contributed by atoms with E-state index in [1.807, 2.05) is 48.5 Å². The molecular formula is C28H40N4O4. The second kappa shape index (κ2) is 14.3. The Kier molecular flexibility index (Phi) is 10.9. The number of unbranched alkanes of at least 4 members (excludes halogenated alkanes) is 2. The number of allylic oxidation sites excluding steroid dienone is 3. The Morgan fingerprint density at radius 1 is 1.03 bits per heavy atom.